The first-order valence-corrected chi connectivity index (χ1v) is 12.8. The number of rotatable bonds is 8. The lowest BCUT2D eigenvalue weighted by atomic mass is 9.81. The molecule has 2 fully saturated rings. The molecule has 2 aliphatic rings. The van der Waals surface area contributed by atoms with E-state index in [4.69, 9.17) is 9.97 Å². The number of aromatic amines is 1. The van der Waals surface area contributed by atoms with Crippen molar-refractivity contribution in [2.75, 3.05) is 41.7 Å². The number of hydrogen-bond donors (Lipinski definition) is 3. The summed E-state index contributed by atoms with van der Waals surface area (Å²) in [5, 5.41) is 23.3. The van der Waals surface area contributed by atoms with Crippen molar-refractivity contribution in [1.29, 1.82) is 5.26 Å². The van der Waals surface area contributed by atoms with E-state index in [0.29, 0.717) is 29.3 Å². The molecular formula is C25H29N9OS. The Balaban J connectivity index is 1.31. The fourth-order valence-corrected chi connectivity index (χ4v) is 5.08. The van der Waals surface area contributed by atoms with Crippen molar-refractivity contribution in [3.8, 4) is 6.07 Å². The van der Waals surface area contributed by atoms with Crippen molar-refractivity contribution in [3.63, 3.8) is 0 Å². The molecule has 2 saturated heterocycles. The number of benzene rings is 1. The molecule has 186 valence electrons. The number of likely N-dealkylation sites (tertiary alicyclic amines) is 1. The van der Waals surface area contributed by atoms with Gasteiger partial charge in [-0.1, -0.05) is 6.92 Å². The van der Waals surface area contributed by atoms with E-state index in [9.17, 15) is 10.1 Å². The summed E-state index contributed by atoms with van der Waals surface area (Å²) in [5.41, 5.74) is 1.51. The summed E-state index contributed by atoms with van der Waals surface area (Å²) in [6.07, 6.45) is 0.440. The monoisotopic (exact) mass is 503 g/mol. The number of aromatic nitrogens is 4. The van der Waals surface area contributed by atoms with Gasteiger partial charge in [0.1, 0.15) is 11.6 Å². The minimum atomic E-state index is -0.215. The van der Waals surface area contributed by atoms with Crippen LogP contribution >= 0.6 is 11.8 Å². The third kappa shape index (κ3) is 5.29. The van der Waals surface area contributed by atoms with Crippen LogP contribution in [0.2, 0.25) is 0 Å². The number of aryl methyl sites for hydroxylation is 1. The Morgan fingerprint density at radius 1 is 1.22 bits per heavy atom. The molecule has 1 amide bonds. The molecule has 2 aliphatic heterocycles. The van der Waals surface area contributed by atoms with Gasteiger partial charge in [-0.3, -0.25) is 14.8 Å². The van der Waals surface area contributed by atoms with Gasteiger partial charge in [-0.05, 0) is 49.9 Å². The average Bonchev–Trinajstić information content (AvgIpc) is 3.22. The predicted molar refractivity (Wildman–Crippen MR) is 139 cm³/mol. The summed E-state index contributed by atoms with van der Waals surface area (Å²) in [4.78, 5) is 26.8. The predicted octanol–water partition coefficient (Wildman–Crippen LogP) is 3.79. The SMILES string of the molecule is CCC(=O)Nc1ccc(Sc2nc(Nc3cc(C)[nH]n3)cc(N3CC(N4CC(C)(C#N)C4)C3)n2)cc1. The van der Waals surface area contributed by atoms with Crippen LogP contribution in [0.3, 0.4) is 0 Å². The van der Waals surface area contributed by atoms with E-state index >= 15 is 0 Å². The second-order valence-electron chi connectivity index (χ2n) is 9.62. The molecule has 5 rings (SSSR count). The summed E-state index contributed by atoms with van der Waals surface area (Å²) >= 11 is 1.47. The first kappa shape index (κ1) is 24.1. The number of carbonyl (C=O) groups is 1. The van der Waals surface area contributed by atoms with E-state index in [-0.39, 0.29) is 11.3 Å². The average molecular weight is 504 g/mol. The Kier molecular flexibility index (Phi) is 6.55. The summed E-state index contributed by atoms with van der Waals surface area (Å²) in [6, 6.07) is 14.4. The van der Waals surface area contributed by atoms with E-state index in [1.807, 2.05) is 57.2 Å². The molecule has 1 aromatic carbocycles. The third-order valence-electron chi connectivity index (χ3n) is 6.40. The van der Waals surface area contributed by atoms with Crippen molar-refractivity contribution < 1.29 is 4.79 Å². The van der Waals surface area contributed by atoms with Gasteiger partial charge < -0.3 is 15.5 Å². The highest BCUT2D eigenvalue weighted by atomic mass is 32.2. The van der Waals surface area contributed by atoms with Gasteiger partial charge in [-0.25, -0.2) is 9.97 Å². The molecule has 11 heteroatoms. The van der Waals surface area contributed by atoms with Crippen LogP contribution in [-0.2, 0) is 4.79 Å². The first-order valence-electron chi connectivity index (χ1n) is 12.0. The zero-order chi connectivity index (χ0) is 25.3. The normalized spacial score (nSPS) is 17.1. The van der Waals surface area contributed by atoms with Gasteiger partial charge in [0.2, 0.25) is 5.91 Å². The Morgan fingerprint density at radius 2 is 1.97 bits per heavy atom. The summed E-state index contributed by atoms with van der Waals surface area (Å²) in [6.45, 7) is 9.19. The fraction of sp³-hybridized carbons (Fsp3) is 0.400. The number of anilines is 4. The number of amides is 1. The zero-order valence-electron chi connectivity index (χ0n) is 20.6. The molecule has 0 aliphatic carbocycles. The Bertz CT molecular complexity index is 1290. The maximum absolute atomic E-state index is 11.6. The van der Waals surface area contributed by atoms with Gasteiger partial charge >= 0.3 is 0 Å². The molecule has 0 saturated carbocycles. The van der Waals surface area contributed by atoms with Crippen LogP contribution in [0.5, 0.6) is 0 Å². The molecular weight excluding hydrogens is 474 g/mol. The number of nitrogens with zero attached hydrogens (tertiary/aromatic N) is 6. The maximum atomic E-state index is 11.6. The van der Waals surface area contributed by atoms with E-state index < -0.39 is 0 Å². The number of H-pyrrole nitrogens is 1. The van der Waals surface area contributed by atoms with Crippen LogP contribution < -0.4 is 15.5 Å². The number of carbonyl (C=O) groups excluding carboxylic acids is 1. The van der Waals surface area contributed by atoms with Crippen molar-refractivity contribution in [2.24, 2.45) is 5.41 Å². The Hall–Kier alpha value is -3.62. The number of hydrogen-bond acceptors (Lipinski definition) is 9. The molecule has 3 N–H and O–H groups in total. The quantitative estimate of drug-likeness (QED) is 0.394. The Morgan fingerprint density at radius 3 is 2.61 bits per heavy atom. The number of nitrogens with one attached hydrogen (secondary N) is 3. The molecule has 0 spiro atoms. The molecule has 0 bridgehead atoms. The van der Waals surface area contributed by atoms with Crippen LogP contribution in [0.1, 0.15) is 26.0 Å². The van der Waals surface area contributed by atoms with Gasteiger partial charge in [0.15, 0.2) is 11.0 Å². The highest BCUT2D eigenvalue weighted by Crippen LogP contribution is 2.36. The molecule has 3 aromatic rings. The van der Waals surface area contributed by atoms with E-state index in [0.717, 1.165) is 48.3 Å². The minimum absolute atomic E-state index is 0.0147. The van der Waals surface area contributed by atoms with Crippen LogP contribution in [0.25, 0.3) is 0 Å². The van der Waals surface area contributed by atoms with Gasteiger partial charge in [-0.2, -0.15) is 10.4 Å². The van der Waals surface area contributed by atoms with Crippen LogP contribution in [0, 0.1) is 23.7 Å². The third-order valence-corrected chi connectivity index (χ3v) is 7.27. The lowest BCUT2D eigenvalue weighted by molar-refractivity contribution is -0.115. The maximum Gasteiger partial charge on any atom is 0.224 e. The van der Waals surface area contributed by atoms with Gasteiger partial charge in [0.05, 0.1) is 11.5 Å². The second-order valence-corrected chi connectivity index (χ2v) is 10.7. The first-order chi connectivity index (χ1) is 17.3. The van der Waals surface area contributed by atoms with Gasteiger partial charge in [-0.15, -0.1) is 0 Å². The lowest BCUT2D eigenvalue weighted by Gasteiger charge is -2.54. The van der Waals surface area contributed by atoms with Crippen molar-refractivity contribution in [2.45, 2.75) is 43.3 Å². The molecule has 36 heavy (non-hydrogen) atoms. The summed E-state index contributed by atoms with van der Waals surface area (Å²) < 4.78 is 0. The molecule has 2 aromatic heterocycles. The highest BCUT2D eigenvalue weighted by Gasteiger charge is 2.45. The van der Waals surface area contributed by atoms with Gasteiger partial charge in [0, 0.05) is 67.1 Å². The molecule has 0 unspecified atom stereocenters. The molecule has 4 heterocycles. The lowest BCUT2D eigenvalue weighted by Crippen LogP contribution is -2.68. The van der Waals surface area contributed by atoms with Crippen molar-refractivity contribution in [3.05, 3.63) is 42.1 Å². The van der Waals surface area contributed by atoms with Crippen molar-refractivity contribution >= 4 is 40.8 Å². The standard InChI is InChI=1S/C25H29N9OS/c1-4-23(35)27-17-5-7-19(8-6-17)36-24-29-20(28-21-9-16(2)31-32-21)10-22(30-24)33-11-18(12-33)34-14-25(3,13-26)15-34/h5-10,18H,4,11-12,14-15H2,1-3H3,(H,27,35)(H2,28,29,30,31,32). The van der Waals surface area contributed by atoms with Crippen LogP contribution in [-0.4, -0.2) is 63.2 Å². The fourth-order valence-electron chi connectivity index (χ4n) is 4.31. The number of nitriles is 1. The zero-order valence-corrected chi connectivity index (χ0v) is 21.4. The van der Waals surface area contributed by atoms with E-state index in [1.54, 1.807) is 0 Å². The largest absolute Gasteiger partial charge is 0.353 e. The highest BCUT2D eigenvalue weighted by molar-refractivity contribution is 7.99. The van der Waals surface area contributed by atoms with E-state index in [2.05, 4.69) is 36.7 Å². The molecule has 10 nitrogen and oxygen atoms in total. The van der Waals surface area contributed by atoms with Crippen LogP contribution in [0.15, 0.2) is 46.5 Å². The van der Waals surface area contributed by atoms with Gasteiger partial charge in [0.25, 0.3) is 0 Å². The summed E-state index contributed by atoms with van der Waals surface area (Å²) in [7, 11) is 0. The van der Waals surface area contributed by atoms with E-state index in [1.165, 1.54) is 11.8 Å². The minimum Gasteiger partial charge on any atom is -0.353 e. The topological polar surface area (TPSA) is 126 Å². The van der Waals surface area contributed by atoms with Crippen molar-refractivity contribution in [1.82, 2.24) is 25.1 Å². The molecule has 0 radical (unpaired) electrons. The Labute approximate surface area is 214 Å². The van der Waals surface area contributed by atoms with Crippen LogP contribution in [0.4, 0.5) is 23.1 Å². The molecule has 0 atom stereocenters. The smallest absolute Gasteiger partial charge is 0.224 e. The second kappa shape index (κ2) is 9.79. The summed E-state index contributed by atoms with van der Waals surface area (Å²) in [5.74, 6) is 2.21.